The number of methoxy groups -OCH3 is 1. The third-order valence-electron chi connectivity index (χ3n) is 5.72. The van der Waals surface area contributed by atoms with Gasteiger partial charge in [-0.2, -0.15) is 12.8 Å². The number of ether oxygens (including phenoxy) is 1. The van der Waals surface area contributed by atoms with Crippen LogP contribution in [0.4, 0.5) is 0 Å². The Kier molecular flexibility index (Phi) is 10.3. The minimum Gasteiger partial charge on any atom is -0.375 e. The molecule has 1 fully saturated rings. The Labute approximate surface area is 176 Å². The molecule has 0 aromatic heterocycles. The van der Waals surface area contributed by atoms with Crippen molar-refractivity contribution in [1.82, 2.24) is 4.90 Å². The smallest absolute Gasteiger partial charge is 0.375 e. The zero-order valence-electron chi connectivity index (χ0n) is 17.0. The Morgan fingerprint density at radius 3 is 2.22 bits per heavy atom. The first-order valence-corrected chi connectivity index (χ1v) is 9.35. The molecular weight excluding hydrogens is 374 g/mol. The standard InChI is InChI=1S/C23H30NO.CH3.Fe/c1-18(23(25-3)20-13-8-5-9-14-20)24(2)17-21-15-10-16-22(21)19-11-6-4-7-12-19;;/h4-14,18,21-23H,15-17H2,1-3H3;1H3;/q2*-1;+2/t18-,21?,22?,23-;;/m0../s1. The van der Waals surface area contributed by atoms with Gasteiger partial charge in [-0.3, -0.25) is 0 Å². The monoisotopic (exact) mass is 407 g/mol. The summed E-state index contributed by atoms with van der Waals surface area (Å²) in [5, 5.41) is 0. The van der Waals surface area contributed by atoms with Crippen LogP contribution < -0.4 is 0 Å². The number of nitrogens with zero attached hydrogens (tertiary/aromatic N) is 1. The predicted molar refractivity (Wildman–Crippen MR) is 111 cm³/mol. The van der Waals surface area contributed by atoms with E-state index in [9.17, 15) is 0 Å². The molecule has 2 aromatic rings. The van der Waals surface area contributed by atoms with Gasteiger partial charge in [0.15, 0.2) is 0 Å². The summed E-state index contributed by atoms with van der Waals surface area (Å²) in [6.45, 7) is 3.38. The average molecular weight is 407 g/mol. The number of hydrogen-bond acceptors (Lipinski definition) is 2. The minimum atomic E-state index is 0. The van der Waals surface area contributed by atoms with Crippen LogP contribution in [-0.2, 0) is 21.8 Å². The van der Waals surface area contributed by atoms with Crippen molar-refractivity contribution < 1.29 is 21.8 Å². The van der Waals surface area contributed by atoms with Gasteiger partial charge in [-0.15, -0.1) is 0 Å². The Bertz CT molecular complexity index is 633. The SMILES string of the molecule is CO[C@H](c1ccccc1)[C@H](C)N(C)CC1C[CH-]CC1c1ccccc1.[CH3-].[Fe+2]. The molecular formula is C24H33FeNO. The van der Waals surface area contributed by atoms with Gasteiger partial charge in [0.25, 0.3) is 0 Å². The van der Waals surface area contributed by atoms with Crippen LogP contribution in [0.2, 0.25) is 0 Å². The quantitative estimate of drug-likeness (QED) is 0.441. The van der Waals surface area contributed by atoms with Gasteiger partial charge in [0.05, 0.1) is 6.10 Å². The molecule has 3 heteroatoms. The number of benzene rings is 2. The van der Waals surface area contributed by atoms with Gasteiger partial charge >= 0.3 is 17.1 Å². The van der Waals surface area contributed by atoms with E-state index < -0.39 is 0 Å². The molecule has 0 aliphatic heterocycles. The van der Waals surface area contributed by atoms with Crippen LogP contribution in [0.1, 0.15) is 42.9 Å². The van der Waals surface area contributed by atoms with Crippen LogP contribution in [0.25, 0.3) is 0 Å². The molecule has 2 unspecified atom stereocenters. The molecule has 2 nitrogen and oxygen atoms in total. The van der Waals surface area contributed by atoms with Crippen molar-refractivity contribution in [3.63, 3.8) is 0 Å². The molecule has 0 heterocycles. The zero-order valence-corrected chi connectivity index (χ0v) is 18.1. The van der Waals surface area contributed by atoms with Crippen LogP contribution in [0.15, 0.2) is 60.7 Å². The summed E-state index contributed by atoms with van der Waals surface area (Å²) in [5.74, 6) is 1.33. The Hall–Kier alpha value is -1.12. The van der Waals surface area contributed by atoms with E-state index in [0.29, 0.717) is 17.9 Å². The molecule has 27 heavy (non-hydrogen) atoms. The van der Waals surface area contributed by atoms with E-state index in [1.165, 1.54) is 24.0 Å². The maximum absolute atomic E-state index is 5.85. The summed E-state index contributed by atoms with van der Waals surface area (Å²) in [7, 11) is 4.05. The van der Waals surface area contributed by atoms with Crippen LogP contribution in [-0.4, -0.2) is 31.6 Å². The molecule has 1 aliphatic rings. The van der Waals surface area contributed by atoms with Crippen LogP contribution >= 0.6 is 0 Å². The molecule has 1 aliphatic carbocycles. The van der Waals surface area contributed by atoms with Crippen molar-refractivity contribution in [3.8, 4) is 0 Å². The summed E-state index contributed by atoms with van der Waals surface area (Å²) in [6.07, 6.45) is 4.97. The van der Waals surface area contributed by atoms with E-state index >= 15 is 0 Å². The second kappa shape index (κ2) is 11.7. The van der Waals surface area contributed by atoms with E-state index in [2.05, 4.69) is 86.0 Å². The van der Waals surface area contributed by atoms with Crippen molar-refractivity contribution in [3.05, 3.63) is 85.6 Å². The third-order valence-corrected chi connectivity index (χ3v) is 5.72. The van der Waals surface area contributed by atoms with Crippen molar-refractivity contribution in [2.24, 2.45) is 5.92 Å². The first-order valence-electron chi connectivity index (χ1n) is 9.35. The Morgan fingerprint density at radius 2 is 1.63 bits per heavy atom. The van der Waals surface area contributed by atoms with Gasteiger partial charge in [0.2, 0.25) is 0 Å². The van der Waals surface area contributed by atoms with Crippen molar-refractivity contribution in [2.75, 3.05) is 20.7 Å². The Morgan fingerprint density at radius 1 is 1.04 bits per heavy atom. The van der Waals surface area contributed by atoms with Gasteiger partial charge in [0, 0.05) is 13.2 Å². The number of likely N-dealkylation sites (N-methyl/N-ethyl adjacent to an activating group) is 1. The maximum atomic E-state index is 5.85. The molecule has 0 radical (unpaired) electrons. The third kappa shape index (κ3) is 5.93. The largest absolute Gasteiger partial charge is 2.00 e. The molecule has 0 N–H and O–H groups in total. The summed E-state index contributed by atoms with van der Waals surface area (Å²) < 4.78 is 5.85. The van der Waals surface area contributed by atoms with Crippen molar-refractivity contribution in [2.45, 2.75) is 37.8 Å². The molecule has 4 atom stereocenters. The molecule has 3 rings (SSSR count). The van der Waals surface area contributed by atoms with Gasteiger partial charge in [-0.05, 0) is 37.6 Å². The second-order valence-electron chi connectivity index (χ2n) is 7.28. The second-order valence-corrected chi connectivity index (χ2v) is 7.28. The molecule has 1 saturated carbocycles. The maximum Gasteiger partial charge on any atom is 2.00 e. The van der Waals surface area contributed by atoms with Gasteiger partial charge in [0.1, 0.15) is 0 Å². The van der Waals surface area contributed by atoms with E-state index in [4.69, 9.17) is 4.74 Å². The van der Waals surface area contributed by atoms with Crippen LogP contribution in [0.3, 0.4) is 0 Å². The summed E-state index contributed by atoms with van der Waals surface area (Å²) in [6, 6.07) is 21.9. The predicted octanol–water partition coefficient (Wildman–Crippen LogP) is 5.54. The summed E-state index contributed by atoms with van der Waals surface area (Å²) >= 11 is 0. The van der Waals surface area contributed by atoms with Crippen molar-refractivity contribution in [1.29, 1.82) is 0 Å². The average Bonchev–Trinajstić information content (AvgIpc) is 3.12. The summed E-state index contributed by atoms with van der Waals surface area (Å²) in [4.78, 5) is 2.47. The molecule has 2 aromatic carbocycles. The van der Waals surface area contributed by atoms with Gasteiger partial charge < -0.3 is 23.5 Å². The van der Waals surface area contributed by atoms with E-state index in [1.54, 1.807) is 0 Å². The van der Waals surface area contributed by atoms with E-state index in [0.717, 1.165) is 6.54 Å². The molecule has 0 spiro atoms. The Balaban J connectivity index is 0.00000182. The van der Waals surface area contributed by atoms with E-state index in [-0.39, 0.29) is 30.6 Å². The molecule has 148 valence electrons. The van der Waals surface area contributed by atoms with Crippen molar-refractivity contribution >= 4 is 0 Å². The minimum absolute atomic E-state index is 0. The molecule has 0 bridgehead atoms. The molecule has 0 amide bonds. The first-order chi connectivity index (χ1) is 12.2. The number of hydrogen-bond donors (Lipinski definition) is 0. The fourth-order valence-electron chi connectivity index (χ4n) is 4.18. The normalized spacial score (nSPS) is 21.2. The van der Waals surface area contributed by atoms with Crippen LogP contribution in [0.5, 0.6) is 0 Å². The van der Waals surface area contributed by atoms with E-state index in [1.807, 2.05) is 7.11 Å². The van der Waals surface area contributed by atoms with Gasteiger partial charge in [-0.1, -0.05) is 66.6 Å². The fraction of sp³-hybridized carbons (Fsp3) is 0.417. The molecule has 0 saturated heterocycles. The zero-order chi connectivity index (χ0) is 17.6. The fourth-order valence-corrected chi connectivity index (χ4v) is 4.18. The summed E-state index contributed by atoms with van der Waals surface area (Å²) in [5.41, 5.74) is 2.73. The van der Waals surface area contributed by atoms with Crippen LogP contribution in [0, 0.1) is 19.8 Å². The van der Waals surface area contributed by atoms with Gasteiger partial charge in [-0.25, -0.2) is 0 Å². The topological polar surface area (TPSA) is 12.5 Å². The first kappa shape index (κ1) is 23.9. The number of rotatable bonds is 7.